The van der Waals surface area contributed by atoms with E-state index in [2.05, 4.69) is 79.7 Å². The van der Waals surface area contributed by atoms with Crippen molar-refractivity contribution in [3.8, 4) is 0 Å². The van der Waals surface area contributed by atoms with Gasteiger partial charge in [-0.15, -0.1) is 0 Å². The van der Waals surface area contributed by atoms with Crippen LogP contribution < -0.4 is 0 Å². The number of aromatic nitrogens is 1. The summed E-state index contributed by atoms with van der Waals surface area (Å²) in [6.07, 6.45) is 10.8. The Kier molecular flexibility index (Phi) is 11.0. The maximum absolute atomic E-state index is 12.9. The summed E-state index contributed by atoms with van der Waals surface area (Å²) in [5, 5.41) is 1.17. The Balaban J connectivity index is 0.00000103. The molecule has 0 spiro atoms. The van der Waals surface area contributed by atoms with Gasteiger partial charge in [-0.05, 0) is 67.0 Å². The van der Waals surface area contributed by atoms with Crippen molar-refractivity contribution in [2.75, 3.05) is 7.05 Å². The van der Waals surface area contributed by atoms with E-state index in [4.69, 9.17) is 0 Å². The Morgan fingerprint density at radius 3 is 2.40 bits per heavy atom. The van der Waals surface area contributed by atoms with Gasteiger partial charge in [0.25, 0.3) is 0 Å². The molecule has 1 fully saturated rings. The fourth-order valence-corrected chi connectivity index (χ4v) is 4.43. The third kappa shape index (κ3) is 6.54. The minimum absolute atomic E-state index is 0.180. The first-order valence-corrected chi connectivity index (χ1v) is 13.3. The summed E-state index contributed by atoms with van der Waals surface area (Å²) in [6, 6.07) is 15.3. The van der Waals surface area contributed by atoms with Crippen LogP contribution in [-0.4, -0.2) is 28.5 Å². The number of amides is 1. The van der Waals surface area contributed by atoms with Crippen LogP contribution in [0.3, 0.4) is 0 Å². The zero-order valence-electron chi connectivity index (χ0n) is 22.9. The molecule has 0 aliphatic heterocycles. The summed E-state index contributed by atoms with van der Waals surface area (Å²) < 4.78 is 2.11. The molecule has 35 heavy (non-hydrogen) atoms. The lowest BCUT2D eigenvalue weighted by Crippen LogP contribution is -2.42. The van der Waals surface area contributed by atoms with E-state index in [9.17, 15) is 4.79 Å². The molecular formula is C32H44N2O. The van der Waals surface area contributed by atoms with Crippen LogP contribution in [0.5, 0.6) is 0 Å². The number of allylic oxidation sites excluding steroid dienone is 1. The number of aryl methyl sites for hydroxylation is 1. The zero-order chi connectivity index (χ0) is 26.0. The van der Waals surface area contributed by atoms with Crippen molar-refractivity contribution in [3.63, 3.8) is 0 Å². The number of likely N-dealkylation sites (N-methyl/N-ethyl adjacent to an activating group) is 1. The van der Waals surface area contributed by atoms with Gasteiger partial charge in [-0.25, -0.2) is 0 Å². The normalized spacial score (nSPS) is 13.2. The van der Waals surface area contributed by atoms with E-state index in [1.54, 1.807) is 0 Å². The van der Waals surface area contributed by atoms with Crippen molar-refractivity contribution in [2.45, 2.75) is 79.8 Å². The molecular weight excluding hydrogens is 428 g/mol. The first kappa shape index (κ1) is 28.2. The second-order valence-electron chi connectivity index (χ2n) is 8.62. The summed E-state index contributed by atoms with van der Waals surface area (Å²) in [5.41, 5.74) is 7.15. The standard InChI is InChI=1S/C28H32N2O.2C2H6/c1-5-21-14-15-27-25(17-21)26(20(3)16-23-11-8-7-10-22(23)6-2)18-30(27)19-28(31)29(4)24-12-9-13-24;2*1-2/h5,7-8,10-11,14-18,24H,1,6,9,12-13,19H2,2-4H3;2*1-2H3/b20-16+;;. The van der Waals surface area contributed by atoms with Crippen molar-refractivity contribution in [2.24, 2.45) is 0 Å². The monoisotopic (exact) mass is 472 g/mol. The summed E-state index contributed by atoms with van der Waals surface area (Å²) in [6.45, 7) is 16.7. The molecule has 1 saturated carbocycles. The molecule has 0 radical (unpaired) electrons. The molecule has 1 heterocycles. The van der Waals surface area contributed by atoms with E-state index >= 15 is 0 Å². The summed E-state index contributed by atoms with van der Waals surface area (Å²) in [4.78, 5) is 14.9. The van der Waals surface area contributed by atoms with E-state index in [1.165, 1.54) is 34.1 Å². The Hall–Kier alpha value is -3.07. The Labute approximate surface area is 213 Å². The fraction of sp³-hybridized carbons (Fsp3) is 0.406. The molecule has 0 N–H and O–H groups in total. The highest BCUT2D eigenvalue weighted by Crippen LogP contribution is 2.31. The maximum Gasteiger partial charge on any atom is 0.242 e. The van der Waals surface area contributed by atoms with Gasteiger partial charge in [0.05, 0.1) is 0 Å². The second-order valence-corrected chi connectivity index (χ2v) is 8.62. The van der Waals surface area contributed by atoms with Gasteiger partial charge >= 0.3 is 0 Å². The van der Waals surface area contributed by atoms with Crippen molar-refractivity contribution in [3.05, 3.63) is 77.5 Å². The molecule has 0 saturated heterocycles. The summed E-state index contributed by atoms with van der Waals surface area (Å²) in [5.74, 6) is 0.180. The summed E-state index contributed by atoms with van der Waals surface area (Å²) >= 11 is 0. The SMILES string of the molecule is C=Cc1ccc2c(c1)c(/C(C)=C/c1ccccc1CC)cn2CC(=O)N(C)C1CCC1.CC.CC. The lowest BCUT2D eigenvalue weighted by molar-refractivity contribution is -0.134. The minimum Gasteiger partial charge on any atom is -0.341 e. The molecule has 0 atom stereocenters. The minimum atomic E-state index is 0.180. The van der Waals surface area contributed by atoms with Crippen LogP contribution in [0.1, 0.15) is 83.1 Å². The Morgan fingerprint density at radius 2 is 1.80 bits per heavy atom. The molecule has 1 aromatic heterocycles. The lowest BCUT2D eigenvalue weighted by atomic mass is 9.92. The number of hydrogen-bond acceptors (Lipinski definition) is 1. The van der Waals surface area contributed by atoms with Crippen molar-refractivity contribution < 1.29 is 4.79 Å². The van der Waals surface area contributed by atoms with Crippen molar-refractivity contribution in [1.29, 1.82) is 0 Å². The largest absolute Gasteiger partial charge is 0.341 e. The first-order valence-electron chi connectivity index (χ1n) is 13.3. The van der Waals surface area contributed by atoms with Gasteiger partial charge in [-0.2, -0.15) is 0 Å². The number of carbonyl (C=O) groups is 1. The number of rotatable bonds is 7. The molecule has 188 valence electrons. The lowest BCUT2D eigenvalue weighted by Gasteiger charge is -2.34. The number of benzene rings is 2. The predicted molar refractivity (Wildman–Crippen MR) is 154 cm³/mol. The molecule has 1 amide bonds. The number of nitrogens with zero attached hydrogens (tertiary/aromatic N) is 2. The molecule has 2 aromatic carbocycles. The van der Waals surface area contributed by atoms with Gasteiger partial charge in [0, 0.05) is 35.8 Å². The van der Waals surface area contributed by atoms with Gasteiger partial charge in [-0.1, -0.05) is 83.7 Å². The average Bonchev–Trinajstić information content (AvgIpc) is 3.23. The third-order valence-corrected chi connectivity index (χ3v) is 6.70. The van der Waals surface area contributed by atoms with E-state index in [1.807, 2.05) is 45.7 Å². The van der Waals surface area contributed by atoms with E-state index < -0.39 is 0 Å². The predicted octanol–water partition coefficient (Wildman–Crippen LogP) is 8.47. The number of carbonyl (C=O) groups excluding carboxylic acids is 1. The maximum atomic E-state index is 12.9. The van der Waals surface area contributed by atoms with Crippen LogP contribution in [0, 0.1) is 0 Å². The van der Waals surface area contributed by atoms with Gasteiger partial charge in [-0.3, -0.25) is 4.79 Å². The molecule has 3 heteroatoms. The van der Waals surface area contributed by atoms with Crippen LogP contribution in [0.2, 0.25) is 0 Å². The Morgan fingerprint density at radius 1 is 1.11 bits per heavy atom. The first-order chi connectivity index (χ1) is 17.0. The van der Waals surface area contributed by atoms with Gasteiger partial charge in [0.1, 0.15) is 6.54 Å². The highest BCUT2D eigenvalue weighted by atomic mass is 16.2. The smallest absolute Gasteiger partial charge is 0.242 e. The summed E-state index contributed by atoms with van der Waals surface area (Å²) in [7, 11) is 1.95. The van der Waals surface area contributed by atoms with Crippen molar-refractivity contribution in [1.82, 2.24) is 9.47 Å². The topological polar surface area (TPSA) is 25.2 Å². The zero-order valence-corrected chi connectivity index (χ0v) is 22.9. The second kappa shape index (κ2) is 13.7. The van der Waals surface area contributed by atoms with Gasteiger partial charge < -0.3 is 9.47 Å². The van der Waals surface area contributed by atoms with Crippen LogP contribution in [-0.2, 0) is 17.8 Å². The number of hydrogen-bond donors (Lipinski definition) is 0. The highest BCUT2D eigenvalue weighted by molar-refractivity contribution is 5.98. The van der Waals surface area contributed by atoms with E-state index in [0.29, 0.717) is 12.6 Å². The molecule has 0 unspecified atom stereocenters. The van der Waals surface area contributed by atoms with Crippen LogP contribution >= 0.6 is 0 Å². The molecule has 1 aliphatic carbocycles. The van der Waals surface area contributed by atoms with Crippen LogP contribution in [0.25, 0.3) is 28.6 Å². The van der Waals surface area contributed by atoms with Gasteiger partial charge in [0.15, 0.2) is 0 Å². The van der Waals surface area contributed by atoms with Crippen molar-refractivity contribution >= 4 is 34.5 Å². The van der Waals surface area contributed by atoms with Gasteiger partial charge in [0.2, 0.25) is 5.91 Å². The Bertz CT molecular complexity index is 1150. The van der Waals surface area contributed by atoms with E-state index in [0.717, 1.165) is 30.3 Å². The quantitative estimate of drug-likeness (QED) is 0.338. The fourth-order valence-electron chi connectivity index (χ4n) is 4.43. The average molecular weight is 473 g/mol. The number of fused-ring (bicyclic) bond motifs is 1. The van der Waals surface area contributed by atoms with Crippen LogP contribution in [0.4, 0.5) is 0 Å². The van der Waals surface area contributed by atoms with Crippen LogP contribution in [0.15, 0.2) is 55.2 Å². The molecule has 3 nitrogen and oxygen atoms in total. The third-order valence-electron chi connectivity index (χ3n) is 6.70. The molecule has 1 aliphatic rings. The molecule has 0 bridgehead atoms. The molecule has 3 aromatic rings. The van der Waals surface area contributed by atoms with E-state index in [-0.39, 0.29) is 5.91 Å². The molecule has 4 rings (SSSR count). The highest BCUT2D eigenvalue weighted by Gasteiger charge is 2.26.